The highest BCUT2D eigenvalue weighted by Crippen LogP contribution is 2.16. The van der Waals surface area contributed by atoms with Crippen LogP contribution in [0.5, 0.6) is 0 Å². The highest BCUT2D eigenvalue weighted by Gasteiger charge is 2.24. The predicted molar refractivity (Wildman–Crippen MR) is 82.1 cm³/mol. The Balaban J connectivity index is 2.35. The molecule has 22 heavy (non-hydrogen) atoms. The SMILES string of the molecule is Cc1c(C(=O)N(CC(=O)O)C(C)C)cnn1-c1ccccc1. The lowest BCUT2D eigenvalue weighted by Crippen LogP contribution is -2.40. The molecule has 0 fully saturated rings. The highest BCUT2D eigenvalue weighted by molar-refractivity contribution is 5.96. The number of para-hydroxylation sites is 1. The molecule has 0 aliphatic heterocycles. The second-order valence-electron chi connectivity index (χ2n) is 5.31. The van der Waals surface area contributed by atoms with E-state index < -0.39 is 5.97 Å². The van der Waals surface area contributed by atoms with Crippen molar-refractivity contribution in [2.75, 3.05) is 6.54 Å². The van der Waals surface area contributed by atoms with Gasteiger partial charge in [-0.25, -0.2) is 4.68 Å². The van der Waals surface area contributed by atoms with Crippen LogP contribution < -0.4 is 0 Å². The number of aliphatic carboxylic acids is 1. The Morgan fingerprint density at radius 2 is 1.91 bits per heavy atom. The summed E-state index contributed by atoms with van der Waals surface area (Å²) in [7, 11) is 0. The van der Waals surface area contributed by atoms with Crippen molar-refractivity contribution in [3.05, 3.63) is 47.8 Å². The number of rotatable bonds is 5. The minimum absolute atomic E-state index is 0.205. The lowest BCUT2D eigenvalue weighted by molar-refractivity contribution is -0.138. The van der Waals surface area contributed by atoms with Gasteiger partial charge in [0.25, 0.3) is 5.91 Å². The Kier molecular flexibility index (Phi) is 4.60. The molecule has 1 aromatic heterocycles. The molecule has 116 valence electrons. The molecule has 0 radical (unpaired) electrons. The third kappa shape index (κ3) is 3.16. The van der Waals surface area contributed by atoms with Crippen LogP contribution in [-0.4, -0.2) is 44.3 Å². The highest BCUT2D eigenvalue weighted by atomic mass is 16.4. The second-order valence-corrected chi connectivity index (χ2v) is 5.31. The summed E-state index contributed by atoms with van der Waals surface area (Å²) in [6.45, 7) is 5.05. The third-order valence-electron chi connectivity index (χ3n) is 3.43. The number of amides is 1. The zero-order chi connectivity index (χ0) is 16.3. The molecule has 0 bridgehead atoms. The Morgan fingerprint density at radius 3 is 2.45 bits per heavy atom. The predicted octanol–water partition coefficient (Wildman–Crippen LogP) is 2.12. The topological polar surface area (TPSA) is 75.4 Å². The van der Waals surface area contributed by atoms with E-state index in [-0.39, 0.29) is 18.5 Å². The number of hydrogen-bond donors (Lipinski definition) is 1. The van der Waals surface area contributed by atoms with Gasteiger partial charge in [0, 0.05) is 6.04 Å². The molecule has 0 aliphatic carbocycles. The maximum atomic E-state index is 12.6. The van der Waals surface area contributed by atoms with E-state index in [1.54, 1.807) is 25.5 Å². The van der Waals surface area contributed by atoms with Crippen LogP contribution in [0.2, 0.25) is 0 Å². The number of carbonyl (C=O) groups is 2. The maximum absolute atomic E-state index is 12.6. The number of hydrogen-bond acceptors (Lipinski definition) is 3. The van der Waals surface area contributed by atoms with Gasteiger partial charge in [-0.1, -0.05) is 18.2 Å². The fraction of sp³-hybridized carbons (Fsp3) is 0.312. The van der Waals surface area contributed by atoms with Gasteiger partial charge in [0.2, 0.25) is 0 Å². The van der Waals surface area contributed by atoms with E-state index in [1.165, 1.54) is 11.1 Å². The first-order valence-electron chi connectivity index (χ1n) is 7.04. The quantitative estimate of drug-likeness (QED) is 0.918. The van der Waals surface area contributed by atoms with Crippen molar-refractivity contribution in [2.45, 2.75) is 26.8 Å². The van der Waals surface area contributed by atoms with Gasteiger partial charge in [-0.15, -0.1) is 0 Å². The second kappa shape index (κ2) is 6.43. The average molecular weight is 301 g/mol. The van der Waals surface area contributed by atoms with Crippen LogP contribution in [0.3, 0.4) is 0 Å². The molecule has 1 N–H and O–H groups in total. The number of nitrogens with zero attached hydrogens (tertiary/aromatic N) is 3. The first-order valence-corrected chi connectivity index (χ1v) is 7.04. The first kappa shape index (κ1) is 15.8. The van der Waals surface area contributed by atoms with E-state index >= 15 is 0 Å². The molecular weight excluding hydrogens is 282 g/mol. The molecule has 6 heteroatoms. The monoisotopic (exact) mass is 301 g/mol. The minimum Gasteiger partial charge on any atom is -0.480 e. The summed E-state index contributed by atoms with van der Waals surface area (Å²) >= 11 is 0. The lowest BCUT2D eigenvalue weighted by Gasteiger charge is -2.24. The summed E-state index contributed by atoms with van der Waals surface area (Å²) in [5.74, 6) is -1.35. The van der Waals surface area contributed by atoms with Gasteiger partial charge in [0.15, 0.2) is 0 Å². The number of benzene rings is 1. The number of carbonyl (C=O) groups excluding carboxylic acids is 1. The summed E-state index contributed by atoms with van der Waals surface area (Å²) in [6.07, 6.45) is 1.49. The van der Waals surface area contributed by atoms with Crippen LogP contribution in [0.4, 0.5) is 0 Å². The standard InChI is InChI=1S/C16H19N3O3/c1-11(2)18(10-15(20)21)16(22)14-9-17-19(12(14)3)13-7-5-4-6-8-13/h4-9,11H,10H2,1-3H3,(H,20,21). The van der Waals surface area contributed by atoms with Crippen molar-refractivity contribution in [2.24, 2.45) is 0 Å². The van der Waals surface area contributed by atoms with Crippen molar-refractivity contribution < 1.29 is 14.7 Å². The molecule has 1 amide bonds. The Morgan fingerprint density at radius 1 is 1.27 bits per heavy atom. The van der Waals surface area contributed by atoms with Crippen LogP contribution in [-0.2, 0) is 4.79 Å². The summed E-state index contributed by atoms with van der Waals surface area (Å²) < 4.78 is 1.67. The van der Waals surface area contributed by atoms with Crippen LogP contribution in [0.25, 0.3) is 5.69 Å². The van der Waals surface area contributed by atoms with Crippen LogP contribution >= 0.6 is 0 Å². The van der Waals surface area contributed by atoms with E-state index in [9.17, 15) is 9.59 Å². The Bertz CT molecular complexity index is 677. The number of aromatic nitrogens is 2. The molecule has 0 atom stereocenters. The zero-order valence-electron chi connectivity index (χ0n) is 12.9. The van der Waals surface area contributed by atoms with Gasteiger partial charge in [0.05, 0.1) is 23.1 Å². The molecule has 0 unspecified atom stereocenters. The van der Waals surface area contributed by atoms with Crippen LogP contribution in [0.1, 0.15) is 29.9 Å². The molecular formula is C16H19N3O3. The first-order chi connectivity index (χ1) is 10.4. The molecule has 0 spiro atoms. The van der Waals surface area contributed by atoms with Gasteiger partial charge in [-0.05, 0) is 32.9 Å². The summed E-state index contributed by atoms with van der Waals surface area (Å²) in [4.78, 5) is 24.9. The molecule has 0 saturated carbocycles. The van der Waals surface area contributed by atoms with E-state index in [4.69, 9.17) is 5.11 Å². The molecule has 1 aromatic carbocycles. The van der Waals surface area contributed by atoms with Gasteiger partial charge in [-0.3, -0.25) is 9.59 Å². The van der Waals surface area contributed by atoms with E-state index in [1.807, 2.05) is 30.3 Å². The van der Waals surface area contributed by atoms with Gasteiger partial charge < -0.3 is 10.0 Å². The smallest absolute Gasteiger partial charge is 0.323 e. The molecule has 0 aliphatic rings. The minimum atomic E-state index is -1.03. The molecule has 2 aromatic rings. The largest absolute Gasteiger partial charge is 0.480 e. The molecule has 2 rings (SSSR count). The zero-order valence-corrected chi connectivity index (χ0v) is 12.9. The van der Waals surface area contributed by atoms with Crippen molar-refractivity contribution in [1.29, 1.82) is 0 Å². The van der Waals surface area contributed by atoms with Gasteiger partial charge >= 0.3 is 5.97 Å². The fourth-order valence-corrected chi connectivity index (χ4v) is 2.24. The van der Waals surface area contributed by atoms with Crippen molar-refractivity contribution in [1.82, 2.24) is 14.7 Å². The fourth-order valence-electron chi connectivity index (χ4n) is 2.24. The Hall–Kier alpha value is -2.63. The van der Waals surface area contributed by atoms with E-state index in [2.05, 4.69) is 5.10 Å². The van der Waals surface area contributed by atoms with Gasteiger partial charge in [0.1, 0.15) is 6.54 Å². The third-order valence-corrected chi connectivity index (χ3v) is 3.43. The van der Waals surface area contributed by atoms with E-state index in [0.29, 0.717) is 11.3 Å². The number of carboxylic acids is 1. The van der Waals surface area contributed by atoms with Crippen LogP contribution in [0, 0.1) is 6.92 Å². The van der Waals surface area contributed by atoms with Crippen LogP contribution in [0.15, 0.2) is 36.5 Å². The van der Waals surface area contributed by atoms with E-state index in [0.717, 1.165) is 5.69 Å². The lowest BCUT2D eigenvalue weighted by atomic mass is 10.2. The molecule has 1 heterocycles. The maximum Gasteiger partial charge on any atom is 0.323 e. The summed E-state index contributed by atoms with van der Waals surface area (Å²) in [6, 6.07) is 9.27. The molecule has 6 nitrogen and oxygen atoms in total. The Labute approximate surface area is 129 Å². The number of carboxylic acid groups (broad SMARTS) is 1. The van der Waals surface area contributed by atoms with Crippen molar-refractivity contribution in [3.8, 4) is 5.69 Å². The summed E-state index contributed by atoms with van der Waals surface area (Å²) in [5.41, 5.74) is 1.96. The normalized spacial score (nSPS) is 10.7. The molecule has 0 saturated heterocycles. The van der Waals surface area contributed by atoms with Gasteiger partial charge in [-0.2, -0.15) is 5.10 Å². The van der Waals surface area contributed by atoms with Crippen molar-refractivity contribution >= 4 is 11.9 Å². The van der Waals surface area contributed by atoms with Crippen molar-refractivity contribution in [3.63, 3.8) is 0 Å². The summed E-state index contributed by atoms with van der Waals surface area (Å²) in [5, 5.41) is 13.2. The average Bonchev–Trinajstić information content (AvgIpc) is 2.86.